The van der Waals surface area contributed by atoms with E-state index >= 15 is 0 Å². The molecule has 1 heterocycles. The number of carbonyl (C=O) groups is 1. The lowest BCUT2D eigenvalue weighted by Crippen LogP contribution is -2.24. The molecular weight excluding hydrogens is 190 g/mol. The number of ether oxygens (including phenoxy) is 1. The predicted octanol–water partition coefficient (Wildman–Crippen LogP) is 2.19. The number of benzene rings is 1. The summed E-state index contributed by atoms with van der Waals surface area (Å²) in [6, 6.07) is 9.87. The highest BCUT2D eigenvalue weighted by Crippen LogP contribution is 2.15. The maximum Gasteiger partial charge on any atom is 0.410 e. The zero-order valence-electron chi connectivity index (χ0n) is 8.43. The molecule has 0 bridgehead atoms. The maximum atomic E-state index is 11.4. The summed E-state index contributed by atoms with van der Waals surface area (Å²) >= 11 is 0. The van der Waals surface area contributed by atoms with Crippen LogP contribution in [0.15, 0.2) is 43.0 Å². The second kappa shape index (κ2) is 4.17. The molecule has 3 heteroatoms. The second-order valence-corrected chi connectivity index (χ2v) is 3.52. The van der Waals surface area contributed by atoms with Crippen molar-refractivity contribution in [1.29, 1.82) is 0 Å². The van der Waals surface area contributed by atoms with Gasteiger partial charge in [-0.2, -0.15) is 0 Å². The number of hydrogen-bond donors (Lipinski definition) is 0. The van der Waals surface area contributed by atoms with E-state index in [0.29, 0.717) is 13.1 Å². The van der Waals surface area contributed by atoms with Gasteiger partial charge >= 0.3 is 6.09 Å². The molecule has 1 aromatic rings. The van der Waals surface area contributed by atoms with E-state index < -0.39 is 0 Å². The Bertz CT molecular complexity index is 361. The van der Waals surface area contributed by atoms with Crippen molar-refractivity contribution in [3.05, 3.63) is 48.6 Å². The molecule has 1 aromatic carbocycles. The van der Waals surface area contributed by atoms with Crippen molar-refractivity contribution < 1.29 is 9.53 Å². The van der Waals surface area contributed by atoms with E-state index in [-0.39, 0.29) is 12.2 Å². The van der Waals surface area contributed by atoms with Crippen LogP contribution in [0.5, 0.6) is 0 Å². The van der Waals surface area contributed by atoms with Crippen molar-refractivity contribution >= 4 is 6.09 Å². The highest BCUT2D eigenvalue weighted by atomic mass is 16.6. The Kier molecular flexibility index (Phi) is 2.72. The summed E-state index contributed by atoms with van der Waals surface area (Å²) in [4.78, 5) is 13.1. The second-order valence-electron chi connectivity index (χ2n) is 3.52. The minimum Gasteiger partial charge on any atom is -0.440 e. The average molecular weight is 203 g/mol. The van der Waals surface area contributed by atoms with Gasteiger partial charge in [-0.1, -0.05) is 36.9 Å². The van der Waals surface area contributed by atoms with Gasteiger partial charge in [0.05, 0.1) is 6.54 Å². The molecule has 1 aliphatic heterocycles. The summed E-state index contributed by atoms with van der Waals surface area (Å²) < 4.78 is 5.06. The van der Waals surface area contributed by atoms with E-state index in [1.807, 2.05) is 30.3 Å². The molecule has 1 atom stereocenters. The third-order valence-corrected chi connectivity index (χ3v) is 2.39. The zero-order valence-corrected chi connectivity index (χ0v) is 8.43. The first-order valence-corrected chi connectivity index (χ1v) is 4.91. The molecule has 1 saturated heterocycles. The molecule has 0 unspecified atom stereocenters. The van der Waals surface area contributed by atoms with Gasteiger partial charge in [0.15, 0.2) is 0 Å². The van der Waals surface area contributed by atoms with Crippen LogP contribution in [0.25, 0.3) is 0 Å². The number of cyclic esters (lactones) is 1. The van der Waals surface area contributed by atoms with E-state index in [0.717, 1.165) is 5.56 Å². The molecule has 1 aliphatic rings. The smallest absolute Gasteiger partial charge is 0.410 e. The van der Waals surface area contributed by atoms with Gasteiger partial charge in [0.1, 0.15) is 6.10 Å². The van der Waals surface area contributed by atoms with Crippen LogP contribution in [-0.2, 0) is 11.3 Å². The SMILES string of the molecule is C=C[C@@H]1CN(Cc2ccccc2)C(=O)O1. The van der Waals surface area contributed by atoms with Crippen molar-refractivity contribution in [3.8, 4) is 0 Å². The monoisotopic (exact) mass is 203 g/mol. The lowest BCUT2D eigenvalue weighted by Gasteiger charge is -2.11. The highest BCUT2D eigenvalue weighted by molar-refractivity contribution is 5.70. The molecule has 0 aromatic heterocycles. The van der Waals surface area contributed by atoms with Crippen LogP contribution in [0.1, 0.15) is 5.56 Å². The first kappa shape index (κ1) is 9.77. The fraction of sp³-hybridized carbons (Fsp3) is 0.250. The van der Waals surface area contributed by atoms with Crippen LogP contribution < -0.4 is 0 Å². The minimum absolute atomic E-state index is 0.166. The molecule has 3 nitrogen and oxygen atoms in total. The Balaban J connectivity index is 2.01. The van der Waals surface area contributed by atoms with Gasteiger partial charge in [-0.25, -0.2) is 4.79 Å². The third-order valence-electron chi connectivity index (χ3n) is 2.39. The number of amides is 1. The van der Waals surface area contributed by atoms with Crippen molar-refractivity contribution in [2.45, 2.75) is 12.6 Å². The van der Waals surface area contributed by atoms with Gasteiger partial charge in [0, 0.05) is 6.54 Å². The highest BCUT2D eigenvalue weighted by Gasteiger charge is 2.28. The summed E-state index contributed by atoms with van der Waals surface area (Å²) in [5.74, 6) is 0. The lowest BCUT2D eigenvalue weighted by molar-refractivity contribution is 0.144. The van der Waals surface area contributed by atoms with Crippen molar-refractivity contribution in [3.63, 3.8) is 0 Å². The van der Waals surface area contributed by atoms with E-state index in [1.165, 1.54) is 0 Å². The average Bonchev–Trinajstić information content (AvgIpc) is 2.61. The molecule has 15 heavy (non-hydrogen) atoms. The Labute approximate surface area is 89.0 Å². The first-order chi connectivity index (χ1) is 7.29. The van der Waals surface area contributed by atoms with Gasteiger partial charge in [-0.15, -0.1) is 0 Å². The van der Waals surface area contributed by atoms with Crippen molar-refractivity contribution in [1.82, 2.24) is 4.90 Å². The number of carbonyl (C=O) groups excluding carboxylic acids is 1. The van der Waals surface area contributed by atoms with Crippen molar-refractivity contribution in [2.75, 3.05) is 6.54 Å². The molecule has 0 N–H and O–H groups in total. The predicted molar refractivity (Wildman–Crippen MR) is 57.3 cm³/mol. The topological polar surface area (TPSA) is 29.5 Å². The fourth-order valence-corrected chi connectivity index (χ4v) is 1.59. The Hall–Kier alpha value is -1.77. The summed E-state index contributed by atoms with van der Waals surface area (Å²) in [7, 11) is 0. The van der Waals surface area contributed by atoms with Gasteiger partial charge < -0.3 is 4.74 Å². The molecular formula is C12H13NO2. The van der Waals surface area contributed by atoms with E-state index in [4.69, 9.17) is 4.74 Å². The summed E-state index contributed by atoms with van der Waals surface area (Å²) in [5, 5.41) is 0. The van der Waals surface area contributed by atoms with Crippen LogP contribution >= 0.6 is 0 Å². The Morgan fingerprint density at radius 3 is 2.80 bits per heavy atom. The summed E-state index contributed by atoms with van der Waals surface area (Å²) in [6.07, 6.45) is 1.23. The largest absolute Gasteiger partial charge is 0.440 e. The van der Waals surface area contributed by atoms with Crippen LogP contribution in [0, 0.1) is 0 Å². The van der Waals surface area contributed by atoms with Crippen LogP contribution in [0.2, 0.25) is 0 Å². The molecule has 2 rings (SSSR count). The lowest BCUT2D eigenvalue weighted by atomic mass is 10.2. The standard InChI is InChI=1S/C12H13NO2/c1-2-11-9-13(12(14)15-11)8-10-6-4-3-5-7-10/h2-7,11H,1,8-9H2/t11-/m1/s1. The molecule has 0 saturated carbocycles. The molecule has 0 spiro atoms. The van der Waals surface area contributed by atoms with Crippen LogP contribution in [0.4, 0.5) is 4.79 Å². The zero-order chi connectivity index (χ0) is 10.7. The number of nitrogens with zero attached hydrogens (tertiary/aromatic N) is 1. The van der Waals surface area contributed by atoms with Gasteiger partial charge in [0.25, 0.3) is 0 Å². The van der Waals surface area contributed by atoms with E-state index in [9.17, 15) is 4.79 Å². The normalized spacial score (nSPS) is 20.1. The summed E-state index contributed by atoms with van der Waals surface area (Å²) in [6.45, 7) is 4.81. The molecule has 78 valence electrons. The van der Waals surface area contributed by atoms with Crippen molar-refractivity contribution in [2.24, 2.45) is 0 Å². The quantitative estimate of drug-likeness (QED) is 0.705. The summed E-state index contributed by atoms with van der Waals surface area (Å²) in [5.41, 5.74) is 1.11. The molecule has 1 fully saturated rings. The van der Waals surface area contributed by atoms with Gasteiger partial charge in [0.2, 0.25) is 0 Å². The van der Waals surface area contributed by atoms with Crippen LogP contribution in [0.3, 0.4) is 0 Å². The Morgan fingerprint density at radius 1 is 1.47 bits per heavy atom. The van der Waals surface area contributed by atoms with E-state index in [2.05, 4.69) is 6.58 Å². The minimum atomic E-state index is -0.260. The molecule has 1 amide bonds. The fourth-order valence-electron chi connectivity index (χ4n) is 1.59. The van der Waals surface area contributed by atoms with Crippen LogP contribution in [-0.4, -0.2) is 23.6 Å². The van der Waals surface area contributed by atoms with E-state index in [1.54, 1.807) is 11.0 Å². The third kappa shape index (κ3) is 2.18. The molecule has 0 aliphatic carbocycles. The number of hydrogen-bond acceptors (Lipinski definition) is 2. The van der Waals surface area contributed by atoms with Gasteiger partial charge in [-0.05, 0) is 11.6 Å². The first-order valence-electron chi connectivity index (χ1n) is 4.91. The maximum absolute atomic E-state index is 11.4. The Morgan fingerprint density at radius 2 is 2.20 bits per heavy atom. The number of rotatable bonds is 3. The van der Waals surface area contributed by atoms with Gasteiger partial charge in [-0.3, -0.25) is 4.90 Å². The molecule has 0 radical (unpaired) electrons.